The molecule has 0 bridgehead atoms. The molecule has 0 radical (unpaired) electrons. The first-order chi connectivity index (χ1) is 11.6. The second kappa shape index (κ2) is 5.72. The Balaban J connectivity index is 1.69. The lowest BCUT2D eigenvalue weighted by Crippen LogP contribution is -2.52. The molecule has 1 spiro atoms. The number of amides is 1. The van der Waals surface area contributed by atoms with Gasteiger partial charge in [-0.25, -0.2) is 0 Å². The van der Waals surface area contributed by atoms with E-state index in [9.17, 15) is 4.79 Å². The van der Waals surface area contributed by atoms with Crippen LogP contribution in [0.4, 0.5) is 5.69 Å². The van der Waals surface area contributed by atoms with E-state index in [0.717, 1.165) is 49.5 Å². The van der Waals surface area contributed by atoms with Gasteiger partial charge in [-0.2, -0.15) is 9.61 Å². The quantitative estimate of drug-likeness (QED) is 0.909. The van der Waals surface area contributed by atoms with Gasteiger partial charge in [0.1, 0.15) is 6.33 Å². The van der Waals surface area contributed by atoms with Crippen LogP contribution in [0.25, 0.3) is 5.65 Å². The summed E-state index contributed by atoms with van der Waals surface area (Å²) in [5.74, 6) is 0.534. The molecule has 2 aromatic rings. The number of nitrogens with one attached hydrogen (secondary N) is 1. The second-order valence-electron chi connectivity index (χ2n) is 7.51. The zero-order valence-electron chi connectivity index (χ0n) is 14.3. The monoisotopic (exact) mass is 328 g/mol. The Morgan fingerprint density at radius 1 is 1.33 bits per heavy atom. The third-order valence-corrected chi connectivity index (χ3v) is 5.40. The Morgan fingerprint density at radius 2 is 2.21 bits per heavy atom. The fraction of sp³-hybridized carbons (Fsp3) is 0.647. The number of rotatable bonds is 2. The van der Waals surface area contributed by atoms with E-state index in [0.29, 0.717) is 12.3 Å². The molecule has 0 saturated carbocycles. The highest BCUT2D eigenvalue weighted by Crippen LogP contribution is 2.38. The van der Waals surface area contributed by atoms with Crippen LogP contribution in [0.15, 0.2) is 12.4 Å². The number of carbonyl (C=O) groups is 1. The van der Waals surface area contributed by atoms with E-state index >= 15 is 0 Å². The summed E-state index contributed by atoms with van der Waals surface area (Å²) in [5.41, 5.74) is 3.16. The fourth-order valence-electron chi connectivity index (χ4n) is 3.95. The molecule has 24 heavy (non-hydrogen) atoms. The van der Waals surface area contributed by atoms with Gasteiger partial charge >= 0.3 is 0 Å². The van der Waals surface area contributed by atoms with E-state index < -0.39 is 0 Å². The normalized spacial score (nSPS) is 24.8. The molecular weight excluding hydrogens is 304 g/mol. The summed E-state index contributed by atoms with van der Waals surface area (Å²) in [6, 6.07) is 2.16. The zero-order chi connectivity index (χ0) is 16.7. The van der Waals surface area contributed by atoms with Crippen LogP contribution < -0.4 is 10.2 Å². The van der Waals surface area contributed by atoms with Crippen LogP contribution >= 0.6 is 0 Å². The maximum atomic E-state index is 11.5. The van der Waals surface area contributed by atoms with Gasteiger partial charge < -0.3 is 10.2 Å². The number of hydrogen-bond donors (Lipinski definition) is 1. The number of anilines is 1. The van der Waals surface area contributed by atoms with Gasteiger partial charge in [-0.1, -0.05) is 13.8 Å². The second-order valence-corrected chi connectivity index (χ2v) is 7.51. The first kappa shape index (κ1) is 15.4. The zero-order valence-corrected chi connectivity index (χ0v) is 14.3. The summed E-state index contributed by atoms with van der Waals surface area (Å²) in [7, 11) is 0. The summed E-state index contributed by atoms with van der Waals surface area (Å²) < 4.78 is 1.79. The van der Waals surface area contributed by atoms with E-state index in [1.807, 2.05) is 0 Å². The first-order valence-electron chi connectivity index (χ1n) is 8.79. The van der Waals surface area contributed by atoms with Crippen molar-refractivity contribution >= 4 is 17.2 Å². The Morgan fingerprint density at radius 3 is 2.96 bits per heavy atom. The van der Waals surface area contributed by atoms with E-state index in [4.69, 9.17) is 0 Å². The van der Waals surface area contributed by atoms with Crippen molar-refractivity contribution in [2.24, 2.45) is 5.41 Å². The molecular formula is C17H24N6O. The number of fused-ring (bicyclic) bond motifs is 1. The molecule has 2 aliphatic heterocycles. The van der Waals surface area contributed by atoms with Crippen LogP contribution in [-0.2, 0) is 4.79 Å². The SMILES string of the molecule is CC(C)c1cc(N2CCCC3(CCC(=O)NC3)C2)c2nncn2n1. The molecule has 2 aromatic heterocycles. The molecule has 7 heteroatoms. The third kappa shape index (κ3) is 2.61. The van der Waals surface area contributed by atoms with Gasteiger partial charge in [-0.3, -0.25) is 4.79 Å². The molecule has 7 nitrogen and oxygen atoms in total. The lowest BCUT2D eigenvalue weighted by atomic mass is 9.74. The van der Waals surface area contributed by atoms with Crippen molar-refractivity contribution in [3.05, 3.63) is 18.1 Å². The predicted molar refractivity (Wildman–Crippen MR) is 91.0 cm³/mol. The lowest BCUT2D eigenvalue weighted by molar-refractivity contribution is -0.124. The molecule has 2 fully saturated rings. The van der Waals surface area contributed by atoms with Gasteiger partial charge in [0.25, 0.3) is 0 Å². The van der Waals surface area contributed by atoms with Gasteiger partial charge in [0.15, 0.2) is 0 Å². The van der Waals surface area contributed by atoms with Gasteiger partial charge in [0, 0.05) is 31.5 Å². The Bertz CT molecular complexity index is 758. The van der Waals surface area contributed by atoms with Crippen LogP contribution in [0, 0.1) is 5.41 Å². The van der Waals surface area contributed by atoms with Gasteiger partial charge in [-0.05, 0) is 31.2 Å². The minimum absolute atomic E-state index is 0.184. The van der Waals surface area contributed by atoms with Gasteiger partial charge in [0.05, 0.1) is 11.4 Å². The highest BCUT2D eigenvalue weighted by molar-refractivity contribution is 5.77. The highest BCUT2D eigenvalue weighted by atomic mass is 16.1. The Kier molecular flexibility index (Phi) is 3.66. The molecule has 2 aliphatic rings. The number of carbonyl (C=O) groups excluding carboxylic acids is 1. The number of aromatic nitrogens is 4. The maximum Gasteiger partial charge on any atom is 0.220 e. The minimum atomic E-state index is 0.184. The van der Waals surface area contributed by atoms with Crippen LogP contribution in [0.1, 0.15) is 51.1 Å². The van der Waals surface area contributed by atoms with Crippen molar-refractivity contribution in [1.82, 2.24) is 25.1 Å². The smallest absolute Gasteiger partial charge is 0.220 e. The number of hydrogen-bond acceptors (Lipinski definition) is 5. The molecule has 4 heterocycles. The summed E-state index contributed by atoms with van der Waals surface area (Å²) in [5, 5.41) is 16.0. The van der Waals surface area contributed by atoms with E-state index in [1.54, 1.807) is 10.8 Å². The van der Waals surface area contributed by atoms with Crippen molar-refractivity contribution < 1.29 is 4.79 Å². The molecule has 0 aliphatic carbocycles. The Labute approximate surface area is 141 Å². The molecule has 4 rings (SSSR count). The van der Waals surface area contributed by atoms with Crippen LogP contribution in [-0.4, -0.2) is 45.4 Å². The van der Waals surface area contributed by atoms with Crippen molar-refractivity contribution in [2.75, 3.05) is 24.5 Å². The Hall–Kier alpha value is -2.18. The van der Waals surface area contributed by atoms with Crippen LogP contribution in [0.2, 0.25) is 0 Å². The molecule has 1 atom stereocenters. The topological polar surface area (TPSA) is 75.4 Å². The number of piperidine rings is 2. The molecule has 1 unspecified atom stereocenters. The largest absolute Gasteiger partial charge is 0.368 e. The molecule has 1 N–H and O–H groups in total. The minimum Gasteiger partial charge on any atom is -0.368 e. The van der Waals surface area contributed by atoms with Gasteiger partial charge in [0.2, 0.25) is 11.6 Å². The highest BCUT2D eigenvalue weighted by Gasteiger charge is 2.39. The summed E-state index contributed by atoms with van der Waals surface area (Å²) >= 11 is 0. The first-order valence-corrected chi connectivity index (χ1v) is 8.79. The lowest BCUT2D eigenvalue weighted by Gasteiger charge is -2.45. The summed E-state index contributed by atoms with van der Waals surface area (Å²) in [4.78, 5) is 14.0. The number of nitrogens with zero attached hydrogens (tertiary/aromatic N) is 5. The standard InChI is InChI=1S/C17H24N6O/c1-12(2)13-8-14(16-20-19-11-23(16)21-13)22-7-3-5-17(10-22)6-4-15(24)18-9-17/h8,11-12H,3-7,9-10H2,1-2H3,(H,18,24). The fourth-order valence-corrected chi connectivity index (χ4v) is 3.95. The van der Waals surface area contributed by atoms with Crippen molar-refractivity contribution in [3.63, 3.8) is 0 Å². The predicted octanol–water partition coefficient (Wildman–Crippen LogP) is 1.74. The van der Waals surface area contributed by atoms with E-state index in [1.165, 1.54) is 6.42 Å². The van der Waals surface area contributed by atoms with Crippen molar-refractivity contribution in [3.8, 4) is 0 Å². The van der Waals surface area contributed by atoms with E-state index in [2.05, 4.69) is 45.4 Å². The average Bonchev–Trinajstić information content (AvgIpc) is 3.05. The van der Waals surface area contributed by atoms with Crippen LogP contribution in [0.3, 0.4) is 0 Å². The molecule has 0 aromatic carbocycles. The van der Waals surface area contributed by atoms with Crippen LogP contribution in [0.5, 0.6) is 0 Å². The van der Waals surface area contributed by atoms with Gasteiger partial charge in [-0.15, -0.1) is 10.2 Å². The van der Waals surface area contributed by atoms with E-state index in [-0.39, 0.29) is 11.3 Å². The molecule has 1 amide bonds. The molecule has 128 valence electrons. The average molecular weight is 328 g/mol. The van der Waals surface area contributed by atoms with Crippen molar-refractivity contribution in [1.29, 1.82) is 0 Å². The maximum absolute atomic E-state index is 11.5. The third-order valence-electron chi connectivity index (χ3n) is 5.40. The molecule has 2 saturated heterocycles. The van der Waals surface area contributed by atoms with Crippen molar-refractivity contribution in [2.45, 2.75) is 45.4 Å². The summed E-state index contributed by atoms with van der Waals surface area (Å²) in [6.45, 7) is 7.05. The summed E-state index contributed by atoms with van der Waals surface area (Å²) in [6.07, 6.45) is 5.60.